The van der Waals surface area contributed by atoms with Gasteiger partial charge in [-0.05, 0) is 46.6 Å². The topological polar surface area (TPSA) is 108 Å². The third-order valence-corrected chi connectivity index (χ3v) is 8.59. The number of alkyl carbamates (subject to hydrolysis) is 1. The van der Waals surface area contributed by atoms with Crippen molar-refractivity contribution in [3.8, 4) is 11.1 Å². The lowest BCUT2D eigenvalue weighted by Crippen LogP contribution is -2.62. The molecule has 1 saturated carbocycles. The Balaban J connectivity index is 1.17. The molecule has 0 bridgehead atoms. The molecule has 2 atom stereocenters. The minimum atomic E-state index is -1.30. The van der Waals surface area contributed by atoms with Crippen LogP contribution in [-0.2, 0) is 20.9 Å². The maximum Gasteiger partial charge on any atom is 0.408 e. The number of rotatable bonds is 10. The number of benzene rings is 3. The first-order valence-electron chi connectivity index (χ1n) is 14.3. The van der Waals surface area contributed by atoms with Crippen molar-refractivity contribution in [2.75, 3.05) is 19.7 Å². The Bertz CT molecular complexity index is 1390. The van der Waals surface area contributed by atoms with Crippen molar-refractivity contribution >= 4 is 18.0 Å². The highest BCUT2D eigenvalue weighted by Gasteiger charge is 2.48. The number of carbonyl (C=O) groups excluding carboxylic acids is 2. The van der Waals surface area contributed by atoms with Crippen LogP contribution in [0.4, 0.5) is 4.79 Å². The molecule has 41 heavy (non-hydrogen) atoms. The van der Waals surface area contributed by atoms with Gasteiger partial charge in [0.05, 0.1) is 0 Å². The second kappa shape index (κ2) is 11.4. The van der Waals surface area contributed by atoms with Crippen LogP contribution in [0.5, 0.6) is 0 Å². The normalized spacial score (nSPS) is 20.6. The van der Waals surface area contributed by atoms with Crippen molar-refractivity contribution in [3.05, 3.63) is 95.6 Å². The van der Waals surface area contributed by atoms with Crippen molar-refractivity contribution in [2.45, 2.75) is 49.7 Å². The molecule has 3 aromatic carbocycles. The molecular formula is C33H35N3O5. The summed E-state index contributed by atoms with van der Waals surface area (Å²) in [6.45, 7) is 1.58. The Morgan fingerprint density at radius 3 is 2.20 bits per heavy atom. The minimum Gasteiger partial charge on any atom is -0.480 e. The number of carbonyl (C=O) groups is 3. The first-order valence-corrected chi connectivity index (χ1v) is 14.3. The SMILES string of the molecule is O=C(NC1(C(=O)N[C@@H](CC2CC2)C(=O)O)CCN(Cc2ccccc2)C1)OCC1c2ccccc2-c2ccccc21. The van der Waals surface area contributed by atoms with Crippen LogP contribution < -0.4 is 10.6 Å². The molecule has 0 radical (unpaired) electrons. The maximum atomic E-state index is 13.7. The van der Waals surface area contributed by atoms with E-state index in [4.69, 9.17) is 4.74 Å². The number of likely N-dealkylation sites (tertiary alicyclic amines) is 1. The molecule has 1 unspecified atom stereocenters. The van der Waals surface area contributed by atoms with E-state index in [9.17, 15) is 19.5 Å². The maximum absolute atomic E-state index is 13.7. The molecule has 2 amide bonds. The average Bonchev–Trinajstić information content (AvgIpc) is 3.62. The van der Waals surface area contributed by atoms with Gasteiger partial charge in [-0.15, -0.1) is 0 Å². The fourth-order valence-corrected chi connectivity index (χ4v) is 6.24. The van der Waals surface area contributed by atoms with Gasteiger partial charge in [-0.25, -0.2) is 9.59 Å². The molecule has 1 saturated heterocycles. The summed E-state index contributed by atoms with van der Waals surface area (Å²) in [6.07, 6.45) is 2.03. The molecule has 3 aliphatic rings. The van der Waals surface area contributed by atoms with Crippen LogP contribution in [-0.4, -0.2) is 59.3 Å². The lowest BCUT2D eigenvalue weighted by molar-refractivity contribution is -0.143. The smallest absolute Gasteiger partial charge is 0.408 e. The van der Waals surface area contributed by atoms with E-state index in [1.165, 1.54) is 0 Å². The lowest BCUT2D eigenvalue weighted by Gasteiger charge is -2.31. The number of nitrogens with zero attached hydrogens (tertiary/aromatic N) is 1. The summed E-state index contributed by atoms with van der Waals surface area (Å²) >= 11 is 0. The molecule has 212 valence electrons. The summed E-state index contributed by atoms with van der Waals surface area (Å²) in [4.78, 5) is 41.1. The van der Waals surface area contributed by atoms with Crippen molar-refractivity contribution in [1.82, 2.24) is 15.5 Å². The molecule has 2 aliphatic carbocycles. The Hall–Kier alpha value is -4.17. The summed E-state index contributed by atoms with van der Waals surface area (Å²) in [7, 11) is 0. The van der Waals surface area contributed by atoms with E-state index in [2.05, 4.69) is 39.8 Å². The third-order valence-electron chi connectivity index (χ3n) is 8.59. The van der Waals surface area contributed by atoms with Gasteiger partial charge in [-0.2, -0.15) is 0 Å². The van der Waals surface area contributed by atoms with E-state index in [0.29, 0.717) is 31.8 Å². The molecule has 3 N–H and O–H groups in total. The van der Waals surface area contributed by atoms with Gasteiger partial charge in [0, 0.05) is 25.6 Å². The van der Waals surface area contributed by atoms with E-state index in [1.807, 2.05) is 54.6 Å². The van der Waals surface area contributed by atoms with Gasteiger partial charge in [0.25, 0.3) is 0 Å². The van der Waals surface area contributed by atoms with Gasteiger partial charge in [0.1, 0.15) is 18.2 Å². The molecule has 1 heterocycles. The largest absolute Gasteiger partial charge is 0.480 e. The fourth-order valence-electron chi connectivity index (χ4n) is 6.24. The van der Waals surface area contributed by atoms with Crippen molar-refractivity contribution in [3.63, 3.8) is 0 Å². The number of amides is 2. The van der Waals surface area contributed by atoms with E-state index >= 15 is 0 Å². The number of ether oxygens (including phenoxy) is 1. The number of aliphatic carboxylic acids is 1. The summed E-state index contributed by atoms with van der Waals surface area (Å²) < 4.78 is 5.79. The standard InChI is InChI=1S/C33H35N3O5/c37-30(38)29(18-22-14-15-22)34-31(39)33(16-17-36(21-33)19-23-8-2-1-3-9-23)35-32(40)41-20-28-26-12-6-4-10-24(26)25-11-5-7-13-27(25)28/h1-13,22,28-29H,14-21H2,(H,34,39)(H,35,40)(H,37,38)/t29-,33?/m0/s1. The summed E-state index contributed by atoms with van der Waals surface area (Å²) in [6, 6.07) is 25.2. The molecule has 2 fully saturated rings. The number of fused-ring (bicyclic) bond motifs is 3. The third kappa shape index (κ3) is 5.84. The first kappa shape index (κ1) is 27.0. The van der Waals surface area contributed by atoms with Crippen LogP contribution in [0.1, 0.15) is 48.3 Å². The van der Waals surface area contributed by atoms with Crippen LogP contribution in [0, 0.1) is 5.92 Å². The molecule has 1 aliphatic heterocycles. The highest BCUT2D eigenvalue weighted by Crippen LogP contribution is 2.44. The van der Waals surface area contributed by atoms with Gasteiger partial charge in [0.2, 0.25) is 5.91 Å². The van der Waals surface area contributed by atoms with Gasteiger partial charge >= 0.3 is 12.1 Å². The summed E-state index contributed by atoms with van der Waals surface area (Å²) in [5.41, 5.74) is 4.28. The second-order valence-electron chi connectivity index (χ2n) is 11.5. The number of carboxylic acids is 1. The van der Waals surface area contributed by atoms with E-state index in [1.54, 1.807) is 0 Å². The number of nitrogens with one attached hydrogen (secondary N) is 2. The Morgan fingerprint density at radius 1 is 0.927 bits per heavy atom. The van der Waals surface area contributed by atoms with Crippen molar-refractivity contribution in [1.29, 1.82) is 0 Å². The number of carboxylic acid groups (broad SMARTS) is 1. The first-order chi connectivity index (χ1) is 19.9. The summed E-state index contributed by atoms with van der Waals surface area (Å²) in [5, 5.41) is 15.4. The molecule has 0 spiro atoms. The fraction of sp³-hybridized carbons (Fsp3) is 0.364. The summed E-state index contributed by atoms with van der Waals surface area (Å²) in [5.74, 6) is -1.32. The molecule has 6 rings (SSSR count). The lowest BCUT2D eigenvalue weighted by atomic mass is 9.96. The zero-order valence-corrected chi connectivity index (χ0v) is 22.9. The van der Waals surface area contributed by atoms with Crippen LogP contribution in [0.2, 0.25) is 0 Å². The van der Waals surface area contributed by atoms with Gasteiger partial charge in [-0.1, -0.05) is 91.7 Å². The highest BCUT2D eigenvalue weighted by atomic mass is 16.5. The molecule has 3 aromatic rings. The Labute approximate surface area is 239 Å². The minimum absolute atomic E-state index is 0.106. The van der Waals surface area contributed by atoms with E-state index in [-0.39, 0.29) is 19.1 Å². The predicted molar refractivity (Wildman–Crippen MR) is 154 cm³/mol. The molecule has 8 heteroatoms. The predicted octanol–water partition coefficient (Wildman–Crippen LogP) is 4.54. The number of hydrogen-bond acceptors (Lipinski definition) is 5. The van der Waals surface area contributed by atoms with Crippen LogP contribution >= 0.6 is 0 Å². The van der Waals surface area contributed by atoms with E-state index in [0.717, 1.165) is 40.7 Å². The monoisotopic (exact) mass is 553 g/mol. The quantitative estimate of drug-likeness (QED) is 0.340. The number of hydrogen-bond donors (Lipinski definition) is 3. The Morgan fingerprint density at radius 2 is 1.56 bits per heavy atom. The van der Waals surface area contributed by atoms with Crippen molar-refractivity contribution < 1.29 is 24.2 Å². The van der Waals surface area contributed by atoms with Crippen LogP contribution in [0.3, 0.4) is 0 Å². The highest BCUT2D eigenvalue weighted by molar-refractivity contribution is 5.93. The Kier molecular flexibility index (Phi) is 7.49. The van der Waals surface area contributed by atoms with Crippen molar-refractivity contribution in [2.24, 2.45) is 5.92 Å². The second-order valence-corrected chi connectivity index (χ2v) is 11.5. The van der Waals surface area contributed by atoms with Gasteiger partial charge in [-0.3, -0.25) is 9.69 Å². The molecule has 0 aromatic heterocycles. The van der Waals surface area contributed by atoms with Crippen LogP contribution in [0.15, 0.2) is 78.9 Å². The van der Waals surface area contributed by atoms with Crippen LogP contribution in [0.25, 0.3) is 11.1 Å². The van der Waals surface area contributed by atoms with Gasteiger partial charge < -0.3 is 20.5 Å². The zero-order valence-electron chi connectivity index (χ0n) is 22.9. The molecule has 8 nitrogen and oxygen atoms in total. The van der Waals surface area contributed by atoms with Gasteiger partial charge in [0.15, 0.2) is 0 Å². The zero-order chi connectivity index (χ0) is 28.4. The van der Waals surface area contributed by atoms with E-state index < -0.39 is 29.6 Å². The molecular weight excluding hydrogens is 518 g/mol. The average molecular weight is 554 g/mol.